The van der Waals surface area contributed by atoms with Crippen molar-refractivity contribution in [3.8, 4) is 0 Å². The maximum Gasteiger partial charge on any atom is 0.339 e. The second-order valence-electron chi connectivity index (χ2n) is 4.09. The molecule has 0 saturated heterocycles. The third kappa shape index (κ3) is 2.14. The lowest BCUT2D eigenvalue weighted by molar-refractivity contribution is 0.0695. The summed E-state index contributed by atoms with van der Waals surface area (Å²) in [4.78, 5) is 19.1. The Balaban J connectivity index is 2.13. The molecule has 1 aliphatic rings. The number of hydrogen-bond acceptors (Lipinski definition) is 3. The molecule has 4 nitrogen and oxygen atoms in total. The van der Waals surface area contributed by atoms with Crippen molar-refractivity contribution in [1.82, 2.24) is 9.97 Å². The minimum absolute atomic E-state index is 0.201. The molecule has 1 aliphatic carbocycles. The van der Waals surface area contributed by atoms with Crippen LogP contribution in [0.15, 0.2) is 6.20 Å². The summed E-state index contributed by atoms with van der Waals surface area (Å²) in [5.41, 5.74) is 0.763. The van der Waals surface area contributed by atoms with Gasteiger partial charge in [0.05, 0.1) is 11.3 Å². The smallest absolute Gasteiger partial charge is 0.339 e. The number of rotatable bonds is 3. The third-order valence-electron chi connectivity index (χ3n) is 2.96. The Bertz CT molecular complexity index is 386. The van der Waals surface area contributed by atoms with Crippen LogP contribution in [0.25, 0.3) is 0 Å². The van der Waals surface area contributed by atoms with E-state index in [2.05, 4.69) is 9.97 Å². The van der Waals surface area contributed by atoms with E-state index in [4.69, 9.17) is 5.11 Å². The van der Waals surface area contributed by atoms with Gasteiger partial charge in [0.1, 0.15) is 5.82 Å². The molecule has 0 aliphatic heterocycles. The summed E-state index contributed by atoms with van der Waals surface area (Å²) in [6.45, 7) is 1.72. The minimum Gasteiger partial charge on any atom is -0.478 e. The molecule has 1 aromatic rings. The first kappa shape index (κ1) is 10.1. The van der Waals surface area contributed by atoms with Crippen molar-refractivity contribution in [1.29, 1.82) is 0 Å². The maximum atomic E-state index is 10.7. The van der Waals surface area contributed by atoms with Crippen LogP contribution < -0.4 is 0 Å². The van der Waals surface area contributed by atoms with Gasteiger partial charge in [-0.25, -0.2) is 14.8 Å². The zero-order valence-electron chi connectivity index (χ0n) is 8.73. The second-order valence-corrected chi connectivity index (χ2v) is 4.09. The first-order valence-electron chi connectivity index (χ1n) is 5.22. The topological polar surface area (TPSA) is 63.1 Å². The lowest BCUT2D eigenvalue weighted by Gasteiger charge is -2.24. The van der Waals surface area contributed by atoms with Crippen LogP contribution in [0.1, 0.15) is 41.1 Å². The van der Waals surface area contributed by atoms with Gasteiger partial charge < -0.3 is 5.11 Å². The number of carboxylic acid groups (broad SMARTS) is 1. The highest BCUT2D eigenvalue weighted by molar-refractivity contribution is 5.88. The fraction of sp³-hybridized carbons (Fsp3) is 0.545. The SMILES string of the molecule is Cc1nc(CC2CCC2)ncc1C(=O)O. The lowest BCUT2D eigenvalue weighted by atomic mass is 9.83. The van der Waals surface area contributed by atoms with Gasteiger partial charge in [0.2, 0.25) is 0 Å². The van der Waals surface area contributed by atoms with E-state index in [1.54, 1.807) is 6.92 Å². The van der Waals surface area contributed by atoms with Crippen LogP contribution >= 0.6 is 0 Å². The van der Waals surface area contributed by atoms with Crippen LogP contribution in [0.5, 0.6) is 0 Å². The summed E-state index contributed by atoms with van der Waals surface area (Å²) in [6.07, 6.45) is 6.11. The molecule has 15 heavy (non-hydrogen) atoms. The molecule has 1 saturated carbocycles. The van der Waals surface area contributed by atoms with Gasteiger partial charge in [-0.3, -0.25) is 0 Å². The highest BCUT2D eigenvalue weighted by Gasteiger charge is 2.19. The van der Waals surface area contributed by atoms with Crippen LogP contribution in [0, 0.1) is 12.8 Å². The molecule has 1 heterocycles. The van der Waals surface area contributed by atoms with Gasteiger partial charge in [-0.15, -0.1) is 0 Å². The Labute approximate surface area is 88.4 Å². The Morgan fingerprint density at radius 3 is 2.80 bits per heavy atom. The number of carbonyl (C=O) groups is 1. The Kier molecular flexibility index (Phi) is 2.66. The standard InChI is InChI=1S/C11H14N2O2/c1-7-9(11(14)15)6-12-10(13-7)5-8-3-2-4-8/h6,8H,2-5H2,1H3,(H,14,15). The van der Waals surface area contributed by atoms with Crippen molar-refractivity contribution in [2.45, 2.75) is 32.6 Å². The van der Waals surface area contributed by atoms with Crippen molar-refractivity contribution in [3.05, 3.63) is 23.3 Å². The molecule has 1 N–H and O–H groups in total. The van der Waals surface area contributed by atoms with Crippen molar-refractivity contribution in [2.75, 3.05) is 0 Å². The van der Waals surface area contributed by atoms with Gasteiger partial charge in [0.25, 0.3) is 0 Å². The number of aromatic carboxylic acids is 1. The quantitative estimate of drug-likeness (QED) is 0.819. The number of carboxylic acids is 1. The predicted molar refractivity (Wildman–Crippen MR) is 54.8 cm³/mol. The van der Waals surface area contributed by atoms with Crippen molar-refractivity contribution < 1.29 is 9.90 Å². The first-order valence-corrected chi connectivity index (χ1v) is 5.22. The molecule has 0 bridgehead atoms. The fourth-order valence-electron chi connectivity index (χ4n) is 1.78. The van der Waals surface area contributed by atoms with E-state index in [1.165, 1.54) is 25.5 Å². The van der Waals surface area contributed by atoms with Crippen molar-refractivity contribution in [3.63, 3.8) is 0 Å². The molecule has 0 aromatic carbocycles. The number of nitrogens with zero attached hydrogens (tertiary/aromatic N) is 2. The zero-order chi connectivity index (χ0) is 10.8. The predicted octanol–water partition coefficient (Wildman–Crippen LogP) is 1.83. The Hall–Kier alpha value is -1.45. The lowest BCUT2D eigenvalue weighted by Crippen LogP contribution is -2.16. The largest absolute Gasteiger partial charge is 0.478 e. The minimum atomic E-state index is -0.956. The van der Waals surface area contributed by atoms with E-state index in [0.29, 0.717) is 11.6 Å². The molecule has 0 radical (unpaired) electrons. The van der Waals surface area contributed by atoms with E-state index >= 15 is 0 Å². The van der Waals surface area contributed by atoms with E-state index < -0.39 is 5.97 Å². The first-order chi connectivity index (χ1) is 7.16. The van der Waals surface area contributed by atoms with Gasteiger partial charge in [0.15, 0.2) is 0 Å². The number of aromatic nitrogens is 2. The van der Waals surface area contributed by atoms with Gasteiger partial charge in [-0.1, -0.05) is 19.3 Å². The summed E-state index contributed by atoms with van der Waals surface area (Å²) < 4.78 is 0. The van der Waals surface area contributed by atoms with Crippen LogP contribution in [0.2, 0.25) is 0 Å². The molecular weight excluding hydrogens is 192 g/mol. The second kappa shape index (κ2) is 3.96. The van der Waals surface area contributed by atoms with Crippen LogP contribution in [-0.4, -0.2) is 21.0 Å². The normalized spacial score (nSPS) is 16.1. The summed E-state index contributed by atoms with van der Waals surface area (Å²) in [7, 11) is 0. The molecule has 1 aromatic heterocycles. The number of aryl methyl sites for hydroxylation is 1. The molecule has 80 valence electrons. The average molecular weight is 206 g/mol. The zero-order valence-corrected chi connectivity index (χ0v) is 8.73. The summed E-state index contributed by atoms with van der Waals surface area (Å²) in [5, 5.41) is 8.82. The van der Waals surface area contributed by atoms with Gasteiger partial charge in [0, 0.05) is 12.6 Å². The number of hydrogen-bond donors (Lipinski definition) is 1. The average Bonchev–Trinajstić information content (AvgIpc) is 2.11. The van der Waals surface area contributed by atoms with Crippen LogP contribution in [0.4, 0.5) is 0 Å². The van der Waals surface area contributed by atoms with Crippen molar-refractivity contribution >= 4 is 5.97 Å². The molecule has 1 fully saturated rings. The molecule has 0 amide bonds. The molecule has 0 unspecified atom stereocenters. The van der Waals surface area contributed by atoms with Gasteiger partial charge >= 0.3 is 5.97 Å². The highest BCUT2D eigenvalue weighted by Crippen LogP contribution is 2.28. The van der Waals surface area contributed by atoms with Crippen LogP contribution in [0.3, 0.4) is 0 Å². The highest BCUT2D eigenvalue weighted by atomic mass is 16.4. The molecule has 2 rings (SSSR count). The monoisotopic (exact) mass is 206 g/mol. The molecule has 0 atom stereocenters. The fourth-order valence-corrected chi connectivity index (χ4v) is 1.78. The Morgan fingerprint density at radius 2 is 2.33 bits per heavy atom. The van der Waals surface area contributed by atoms with E-state index in [9.17, 15) is 4.79 Å². The molecule has 4 heteroatoms. The molecular formula is C11H14N2O2. The molecule has 0 spiro atoms. The summed E-state index contributed by atoms with van der Waals surface area (Å²) in [5.74, 6) is 0.532. The summed E-state index contributed by atoms with van der Waals surface area (Å²) in [6, 6.07) is 0. The van der Waals surface area contributed by atoms with Gasteiger partial charge in [-0.05, 0) is 12.8 Å². The van der Waals surface area contributed by atoms with Crippen molar-refractivity contribution in [2.24, 2.45) is 5.92 Å². The maximum absolute atomic E-state index is 10.7. The van der Waals surface area contributed by atoms with E-state index in [0.717, 1.165) is 12.2 Å². The van der Waals surface area contributed by atoms with Crippen LogP contribution in [-0.2, 0) is 6.42 Å². The van der Waals surface area contributed by atoms with E-state index in [-0.39, 0.29) is 5.56 Å². The third-order valence-corrected chi connectivity index (χ3v) is 2.96. The van der Waals surface area contributed by atoms with E-state index in [1.807, 2.05) is 0 Å². The Morgan fingerprint density at radius 1 is 1.60 bits per heavy atom. The van der Waals surface area contributed by atoms with Gasteiger partial charge in [-0.2, -0.15) is 0 Å². The summed E-state index contributed by atoms with van der Waals surface area (Å²) >= 11 is 0.